The van der Waals surface area contributed by atoms with E-state index in [-0.39, 0.29) is 11.3 Å². The molecule has 22 heavy (non-hydrogen) atoms. The van der Waals surface area contributed by atoms with Crippen molar-refractivity contribution in [1.29, 1.82) is 0 Å². The summed E-state index contributed by atoms with van der Waals surface area (Å²) < 4.78 is 0. The van der Waals surface area contributed by atoms with Crippen LogP contribution in [0.2, 0.25) is 0 Å². The number of hydrogen-bond donors (Lipinski definition) is 2. The highest BCUT2D eigenvalue weighted by Gasteiger charge is 2.12. The van der Waals surface area contributed by atoms with Crippen molar-refractivity contribution in [3.8, 4) is 0 Å². The molecule has 1 aromatic heterocycles. The third kappa shape index (κ3) is 5.02. The minimum absolute atomic E-state index is 0.0967. The Kier molecular flexibility index (Phi) is 5.36. The average molecular weight is 299 g/mol. The molecule has 0 aliphatic heterocycles. The summed E-state index contributed by atoms with van der Waals surface area (Å²) in [5.41, 5.74) is 3.73. The number of carbonyl (C=O) groups excluding carboxylic acids is 1. The van der Waals surface area contributed by atoms with E-state index < -0.39 is 0 Å². The molecule has 0 fully saturated rings. The number of amides is 1. The Labute approximate surface area is 132 Å². The van der Waals surface area contributed by atoms with Crippen molar-refractivity contribution in [3.63, 3.8) is 0 Å². The number of aromatic amines is 1. The van der Waals surface area contributed by atoms with Gasteiger partial charge in [-0.2, -0.15) is 0 Å². The van der Waals surface area contributed by atoms with Gasteiger partial charge in [-0.25, -0.2) is 4.98 Å². The van der Waals surface area contributed by atoms with Gasteiger partial charge in [0, 0.05) is 31.3 Å². The van der Waals surface area contributed by atoms with Crippen LogP contribution >= 0.6 is 0 Å². The Morgan fingerprint density at radius 1 is 1.18 bits per heavy atom. The van der Waals surface area contributed by atoms with Crippen molar-refractivity contribution < 1.29 is 4.79 Å². The number of imidazole rings is 1. The fourth-order valence-corrected chi connectivity index (χ4v) is 2.28. The van der Waals surface area contributed by atoms with E-state index in [1.165, 1.54) is 11.1 Å². The van der Waals surface area contributed by atoms with E-state index in [4.69, 9.17) is 0 Å². The summed E-state index contributed by atoms with van der Waals surface area (Å²) in [4.78, 5) is 18.8. The Morgan fingerprint density at radius 3 is 2.50 bits per heavy atom. The van der Waals surface area contributed by atoms with Crippen molar-refractivity contribution in [2.45, 2.75) is 45.4 Å². The summed E-state index contributed by atoms with van der Waals surface area (Å²) in [6.07, 6.45) is 5.52. The number of aryl methyl sites for hydroxylation is 1. The maximum atomic E-state index is 11.8. The van der Waals surface area contributed by atoms with Gasteiger partial charge in [-0.05, 0) is 23.0 Å². The number of hydrogen-bond acceptors (Lipinski definition) is 2. The molecule has 0 unspecified atom stereocenters. The Morgan fingerprint density at radius 2 is 1.91 bits per heavy atom. The topological polar surface area (TPSA) is 57.8 Å². The molecule has 4 heteroatoms. The second kappa shape index (κ2) is 7.25. The molecular weight excluding hydrogens is 274 g/mol. The lowest BCUT2D eigenvalue weighted by molar-refractivity contribution is -0.121. The van der Waals surface area contributed by atoms with Gasteiger partial charge in [0.15, 0.2) is 0 Å². The highest BCUT2D eigenvalue weighted by atomic mass is 16.1. The van der Waals surface area contributed by atoms with Crippen molar-refractivity contribution in [2.75, 3.05) is 6.54 Å². The van der Waals surface area contributed by atoms with Crippen LogP contribution in [-0.4, -0.2) is 22.4 Å². The third-order valence-corrected chi connectivity index (χ3v) is 3.73. The molecule has 0 saturated carbocycles. The van der Waals surface area contributed by atoms with E-state index in [2.05, 4.69) is 60.3 Å². The molecule has 1 heterocycles. The zero-order valence-electron chi connectivity index (χ0n) is 13.6. The molecule has 118 valence electrons. The van der Waals surface area contributed by atoms with Gasteiger partial charge in [-0.15, -0.1) is 0 Å². The molecule has 2 aromatic rings. The fourth-order valence-electron chi connectivity index (χ4n) is 2.28. The lowest BCUT2D eigenvalue weighted by Crippen LogP contribution is -2.25. The Bertz CT molecular complexity index is 580. The Balaban J connectivity index is 1.71. The second-order valence-electron chi connectivity index (χ2n) is 6.62. The maximum Gasteiger partial charge on any atom is 0.220 e. The monoisotopic (exact) mass is 299 g/mol. The highest BCUT2D eigenvalue weighted by molar-refractivity contribution is 5.76. The number of benzene rings is 1. The van der Waals surface area contributed by atoms with Crippen LogP contribution in [0.25, 0.3) is 0 Å². The smallest absolute Gasteiger partial charge is 0.220 e. The van der Waals surface area contributed by atoms with E-state index in [0.29, 0.717) is 13.0 Å². The van der Waals surface area contributed by atoms with E-state index >= 15 is 0 Å². The van der Waals surface area contributed by atoms with Crippen molar-refractivity contribution in [2.24, 2.45) is 0 Å². The quantitative estimate of drug-likeness (QED) is 0.861. The normalized spacial score (nSPS) is 11.4. The fraction of sp³-hybridized carbons (Fsp3) is 0.444. The molecule has 0 radical (unpaired) electrons. The van der Waals surface area contributed by atoms with Gasteiger partial charge in [0.2, 0.25) is 5.91 Å². The predicted octanol–water partition coefficient (Wildman–Crippen LogP) is 3.00. The maximum absolute atomic E-state index is 11.8. The summed E-state index contributed by atoms with van der Waals surface area (Å²) in [6, 6.07) is 8.56. The lowest BCUT2D eigenvalue weighted by atomic mass is 9.86. The summed E-state index contributed by atoms with van der Waals surface area (Å²) in [6.45, 7) is 7.25. The van der Waals surface area contributed by atoms with Crippen LogP contribution in [0.4, 0.5) is 0 Å². The molecule has 0 atom stereocenters. The number of aromatic nitrogens is 2. The molecule has 1 aromatic carbocycles. The minimum atomic E-state index is 0.0967. The van der Waals surface area contributed by atoms with E-state index in [0.717, 1.165) is 18.5 Å². The average Bonchev–Trinajstić information content (AvgIpc) is 2.98. The zero-order chi connectivity index (χ0) is 16.0. The molecule has 2 rings (SSSR count). The van der Waals surface area contributed by atoms with Crippen LogP contribution in [0.3, 0.4) is 0 Å². The third-order valence-electron chi connectivity index (χ3n) is 3.73. The van der Waals surface area contributed by atoms with Crippen LogP contribution < -0.4 is 5.32 Å². The molecule has 0 aliphatic rings. The van der Waals surface area contributed by atoms with Crippen molar-refractivity contribution in [1.82, 2.24) is 15.3 Å². The SMILES string of the molecule is CC(C)(C)c1ccc(CCC(=O)NCCc2cnc[nH]2)cc1. The van der Waals surface area contributed by atoms with Crippen LogP contribution in [-0.2, 0) is 23.1 Å². The summed E-state index contributed by atoms with van der Waals surface area (Å²) in [5, 5.41) is 2.94. The standard InChI is InChI=1S/C18H25N3O/c1-18(2,3)15-7-4-14(5-8-15)6-9-17(22)20-11-10-16-12-19-13-21-16/h4-5,7-8,12-13H,6,9-11H2,1-3H3,(H,19,21)(H,20,22). The van der Waals surface area contributed by atoms with E-state index in [1.807, 2.05) is 0 Å². The van der Waals surface area contributed by atoms with Crippen LogP contribution in [0.15, 0.2) is 36.8 Å². The first kappa shape index (κ1) is 16.3. The van der Waals surface area contributed by atoms with Gasteiger partial charge in [0.05, 0.1) is 6.33 Å². The van der Waals surface area contributed by atoms with Crippen molar-refractivity contribution in [3.05, 3.63) is 53.6 Å². The van der Waals surface area contributed by atoms with Crippen LogP contribution in [0, 0.1) is 0 Å². The van der Waals surface area contributed by atoms with Gasteiger partial charge in [0.1, 0.15) is 0 Å². The van der Waals surface area contributed by atoms with Crippen LogP contribution in [0.1, 0.15) is 44.0 Å². The minimum Gasteiger partial charge on any atom is -0.356 e. The largest absolute Gasteiger partial charge is 0.356 e. The van der Waals surface area contributed by atoms with E-state index in [1.54, 1.807) is 12.5 Å². The molecule has 0 bridgehead atoms. The van der Waals surface area contributed by atoms with Gasteiger partial charge < -0.3 is 10.3 Å². The van der Waals surface area contributed by atoms with Gasteiger partial charge in [-0.3, -0.25) is 4.79 Å². The molecule has 0 aliphatic carbocycles. The number of nitrogens with one attached hydrogen (secondary N) is 2. The molecule has 2 N–H and O–H groups in total. The predicted molar refractivity (Wildman–Crippen MR) is 88.8 cm³/mol. The molecular formula is C18H25N3O. The molecule has 0 saturated heterocycles. The number of carbonyl (C=O) groups is 1. The lowest BCUT2D eigenvalue weighted by Gasteiger charge is -2.19. The van der Waals surface area contributed by atoms with Crippen LogP contribution in [0.5, 0.6) is 0 Å². The first-order chi connectivity index (χ1) is 10.4. The van der Waals surface area contributed by atoms with Gasteiger partial charge in [0.25, 0.3) is 0 Å². The second-order valence-corrected chi connectivity index (χ2v) is 6.62. The highest BCUT2D eigenvalue weighted by Crippen LogP contribution is 2.22. The molecule has 0 spiro atoms. The summed E-state index contributed by atoms with van der Waals surface area (Å²) in [7, 11) is 0. The summed E-state index contributed by atoms with van der Waals surface area (Å²) >= 11 is 0. The van der Waals surface area contributed by atoms with Crippen molar-refractivity contribution >= 4 is 5.91 Å². The summed E-state index contributed by atoms with van der Waals surface area (Å²) in [5.74, 6) is 0.0967. The number of H-pyrrole nitrogens is 1. The molecule has 4 nitrogen and oxygen atoms in total. The van der Waals surface area contributed by atoms with Gasteiger partial charge >= 0.3 is 0 Å². The first-order valence-electron chi connectivity index (χ1n) is 7.78. The first-order valence-corrected chi connectivity index (χ1v) is 7.78. The number of nitrogens with zero attached hydrogens (tertiary/aromatic N) is 1. The Hall–Kier alpha value is -2.10. The van der Waals surface area contributed by atoms with Gasteiger partial charge in [-0.1, -0.05) is 45.0 Å². The molecule has 1 amide bonds. The number of rotatable bonds is 6. The zero-order valence-corrected chi connectivity index (χ0v) is 13.6. The van der Waals surface area contributed by atoms with E-state index in [9.17, 15) is 4.79 Å².